The zero-order valence-electron chi connectivity index (χ0n) is 7.52. The summed E-state index contributed by atoms with van der Waals surface area (Å²) >= 11 is 0. The van der Waals surface area contributed by atoms with E-state index in [2.05, 4.69) is 46.4 Å². The van der Waals surface area contributed by atoms with E-state index in [1.165, 1.54) is 0 Å². The van der Waals surface area contributed by atoms with Crippen LogP contribution in [0, 0.1) is 11.3 Å². The van der Waals surface area contributed by atoms with Gasteiger partial charge < -0.3 is 0 Å². The van der Waals surface area contributed by atoms with Crippen LogP contribution in [0.3, 0.4) is 0 Å². The molecule has 0 heteroatoms. The quantitative estimate of drug-likeness (QED) is 0.524. The summed E-state index contributed by atoms with van der Waals surface area (Å²) in [4.78, 5) is 0. The van der Waals surface area contributed by atoms with Crippen LogP contribution in [0.1, 0.15) is 27.7 Å². The van der Waals surface area contributed by atoms with Gasteiger partial charge in [0.1, 0.15) is 0 Å². The Kier molecular flexibility index (Phi) is 3.41. The molecule has 0 aromatic heterocycles. The van der Waals surface area contributed by atoms with Gasteiger partial charge in [0.25, 0.3) is 0 Å². The second kappa shape index (κ2) is 3.60. The predicted molar refractivity (Wildman–Crippen MR) is 48.0 cm³/mol. The fourth-order valence-corrected chi connectivity index (χ4v) is 0.885. The van der Waals surface area contributed by atoms with Gasteiger partial charge in [-0.2, -0.15) is 0 Å². The molecule has 0 saturated heterocycles. The van der Waals surface area contributed by atoms with Crippen LogP contribution in [0.2, 0.25) is 0 Å². The van der Waals surface area contributed by atoms with E-state index in [9.17, 15) is 0 Å². The van der Waals surface area contributed by atoms with Crippen molar-refractivity contribution in [2.24, 2.45) is 11.3 Å². The Morgan fingerprint density at radius 1 is 1.40 bits per heavy atom. The molecule has 0 bridgehead atoms. The maximum absolute atomic E-state index is 3.78. The first kappa shape index (κ1) is 9.48. The summed E-state index contributed by atoms with van der Waals surface area (Å²) in [5.41, 5.74) is 0.260. The zero-order valence-corrected chi connectivity index (χ0v) is 7.52. The van der Waals surface area contributed by atoms with Crippen molar-refractivity contribution in [2.75, 3.05) is 0 Å². The molecule has 0 saturated carbocycles. The first-order valence-corrected chi connectivity index (χ1v) is 3.81. The lowest BCUT2D eigenvalue weighted by molar-refractivity contribution is 0.368. The van der Waals surface area contributed by atoms with Gasteiger partial charge in [0, 0.05) is 0 Å². The molecule has 0 fully saturated rings. The summed E-state index contributed by atoms with van der Waals surface area (Å²) in [6.45, 7) is 12.5. The van der Waals surface area contributed by atoms with Gasteiger partial charge in [-0.3, -0.25) is 0 Å². The smallest absolute Gasteiger partial charge is 0.0115 e. The molecule has 0 spiro atoms. The fraction of sp³-hybridized carbons (Fsp3) is 0.600. The lowest BCUT2D eigenvalue weighted by atomic mass is 9.80. The van der Waals surface area contributed by atoms with Crippen molar-refractivity contribution in [1.29, 1.82) is 0 Å². The first-order valence-electron chi connectivity index (χ1n) is 3.81. The summed E-state index contributed by atoms with van der Waals surface area (Å²) in [6.07, 6.45) is 6.32. The monoisotopic (exact) mass is 138 g/mol. The first-order chi connectivity index (χ1) is 4.54. The Bertz CT molecular complexity index is 129. The van der Waals surface area contributed by atoms with E-state index in [4.69, 9.17) is 0 Å². The molecular weight excluding hydrogens is 120 g/mol. The van der Waals surface area contributed by atoms with E-state index in [1.807, 2.05) is 6.08 Å². The number of allylic oxidation sites excluding steroid dienone is 3. The molecule has 1 atom stereocenters. The SMILES string of the molecule is C=CC(C)C(C)(C)C=CC. The Balaban J connectivity index is 4.22. The summed E-state index contributed by atoms with van der Waals surface area (Å²) < 4.78 is 0. The molecule has 0 rings (SSSR count). The molecule has 0 amide bonds. The minimum Gasteiger partial charge on any atom is -0.103 e. The van der Waals surface area contributed by atoms with E-state index in [1.54, 1.807) is 0 Å². The molecule has 0 aliphatic rings. The third-order valence-electron chi connectivity index (χ3n) is 2.12. The summed E-state index contributed by atoms with van der Waals surface area (Å²) in [5, 5.41) is 0. The fourth-order valence-electron chi connectivity index (χ4n) is 0.885. The number of rotatable bonds is 3. The predicted octanol–water partition coefficient (Wildman–Crippen LogP) is 3.41. The average Bonchev–Trinajstić information content (AvgIpc) is 1.86. The van der Waals surface area contributed by atoms with Crippen molar-refractivity contribution >= 4 is 0 Å². The summed E-state index contributed by atoms with van der Waals surface area (Å²) in [6, 6.07) is 0. The summed E-state index contributed by atoms with van der Waals surface area (Å²) in [7, 11) is 0. The molecule has 0 aromatic carbocycles. The molecule has 0 nitrogen and oxygen atoms in total. The van der Waals surface area contributed by atoms with E-state index < -0.39 is 0 Å². The van der Waals surface area contributed by atoms with Gasteiger partial charge in [-0.05, 0) is 18.3 Å². The summed E-state index contributed by atoms with van der Waals surface area (Å²) in [5.74, 6) is 0.545. The largest absolute Gasteiger partial charge is 0.103 e. The lowest BCUT2D eigenvalue weighted by Gasteiger charge is -2.25. The van der Waals surface area contributed by atoms with Gasteiger partial charge in [-0.25, -0.2) is 0 Å². The van der Waals surface area contributed by atoms with Crippen LogP contribution in [0.4, 0.5) is 0 Å². The van der Waals surface area contributed by atoms with Crippen LogP contribution in [0.25, 0.3) is 0 Å². The Labute approximate surface area is 64.6 Å². The van der Waals surface area contributed by atoms with Crippen molar-refractivity contribution in [3.63, 3.8) is 0 Å². The second-order valence-electron chi connectivity index (χ2n) is 3.35. The van der Waals surface area contributed by atoms with Crippen molar-refractivity contribution in [3.8, 4) is 0 Å². The number of hydrogen-bond donors (Lipinski definition) is 0. The molecule has 0 aliphatic heterocycles. The van der Waals surface area contributed by atoms with Crippen LogP contribution in [-0.2, 0) is 0 Å². The highest BCUT2D eigenvalue weighted by Crippen LogP contribution is 2.28. The highest BCUT2D eigenvalue weighted by atomic mass is 14.2. The highest BCUT2D eigenvalue weighted by Gasteiger charge is 2.18. The maximum Gasteiger partial charge on any atom is -0.0115 e. The van der Waals surface area contributed by atoms with E-state index >= 15 is 0 Å². The maximum atomic E-state index is 3.78. The van der Waals surface area contributed by atoms with E-state index in [0.717, 1.165) is 0 Å². The van der Waals surface area contributed by atoms with Gasteiger partial charge in [0.05, 0.1) is 0 Å². The molecule has 0 aromatic rings. The van der Waals surface area contributed by atoms with E-state index in [-0.39, 0.29) is 5.41 Å². The normalized spacial score (nSPS) is 15.6. The van der Waals surface area contributed by atoms with Crippen molar-refractivity contribution in [1.82, 2.24) is 0 Å². The van der Waals surface area contributed by atoms with Crippen LogP contribution in [-0.4, -0.2) is 0 Å². The van der Waals surface area contributed by atoms with E-state index in [0.29, 0.717) is 5.92 Å². The highest BCUT2D eigenvalue weighted by molar-refractivity contribution is 5.00. The van der Waals surface area contributed by atoms with Gasteiger partial charge in [0.2, 0.25) is 0 Å². The third kappa shape index (κ3) is 2.38. The molecular formula is C10H18. The van der Waals surface area contributed by atoms with Gasteiger partial charge in [-0.1, -0.05) is 39.0 Å². The average molecular weight is 138 g/mol. The van der Waals surface area contributed by atoms with Crippen LogP contribution in [0.15, 0.2) is 24.8 Å². The second-order valence-corrected chi connectivity index (χ2v) is 3.35. The minimum atomic E-state index is 0.260. The Morgan fingerprint density at radius 3 is 2.20 bits per heavy atom. The molecule has 0 heterocycles. The molecule has 0 aliphatic carbocycles. The Hall–Kier alpha value is -0.520. The Morgan fingerprint density at radius 2 is 1.90 bits per heavy atom. The van der Waals surface area contributed by atoms with Crippen LogP contribution in [0.5, 0.6) is 0 Å². The zero-order chi connectivity index (χ0) is 8.20. The molecule has 0 radical (unpaired) electrons. The van der Waals surface area contributed by atoms with Gasteiger partial charge in [0.15, 0.2) is 0 Å². The molecule has 58 valence electrons. The van der Waals surface area contributed by atoms with Crippen LogP contribution >= 0.6 is 0 Å². The van der Waals surface area contributed by atoms with Crippen LogP contribution < -0.4 is 0 Å². The number of hydrogen-bond acceptors (Lipinski definition) is 0. The molecule has 10 heavy (non-hydrogen) atoms. The standard InChI is InChI=1S/C10H18/c1-6-8-10(4,5)9(3)7-2/h6-9H,2H2,1,3-5H3. The molecule has 0 N–H and O–H groups in total. The van der Waals surface area contributed by atoms with Crippen molar-refractivity contribution in [2.45, 2.75) is 27.7 Å². The van der Waals surface area contributed by atoms with Gasteiger partial charge >= 0.3 is 0 Å². The van der Waals surface area contributed by atoms with Crippen molar-refractivity contribution in [3.05, 3.63) is 24.8 Å². The lowest BCUT2D eigenvalue weighted by Crippen LogP contribution is -2.16. The van der Waals surface area contributed by atoms with Gasteiger partial charge in [-0.15, -0.1) is 6.58 Å². The minimum absolute atomic E-state index is 0.260. The molecule has 1 unspecified atom stereocenters. The topological polar surface area (TPSA) is 0 Å². The van der Waals surface area contributed by atoms with Crippen molar-refractivity contribution < 1.29 is 0 Å². The third-order valence-corrected chi connectivity index (χ3v) is 2.12.